The van der Waals surface area contributed by atoms with Crippen LogP contribution in [0.3, 0.4) is 0 Å². The van der Waals surface area contributed by atoms with Gasteiger partial charge in [0.1, 0.15) is 11.8 Å². The number of nitrogens with two attached hydrogens (primary N) is 1. The molecule has 0 fully saturated rings. The molecule has 0 aromatic heterocycles. The number of carbonyl (C=O) groups is 1. The molecule has 2 rings (SSSR count). The summed E-state index contributed by atoms with van der Waals surface area (Å²) >= 11 is 0. The second kappa shape index (κ2) is 9.97. The SMILES string of the molecule is CCCc1ccc([C@H]([NH2+]CC(=O)Nc2ccccc2OC)C(C)C)cc1. The molecule has 1 amide bonds. The number of anilines is 1. The Balaban J connectivity index is 1.98. The van der Waals surface area contributed by atoms with Crippen LogP contribution in [0.1, 0.15) is 44.4 Å². The molecule has 0 heterocycles. The molecule has 0 aliphatic rings. The van der Waals surface area contributed by atoms with Crippen molar-refractivity contribution >= 4 is 11.6 Å². The van der Waals surface area contributed by atoms with Crippen LogP contribution in [-0.2, 0) is 11.2 Å². The highest BCUT2D eigenvalue weighted by molar-refractivity contribution is 5.92. The number of benzene rings is 2. The van der Waals surface area contributed by atoms with Gasteiger partial charge >= 0.3 is 0 Å². The summed E-state index contributed by atoms with van der Waals surface area (Å²) in [5, 5.41) is 5.05. The minimum Gasteiger partial charge on any atom is -0.495 e. The average Bonchev–Trinajstić information content (AvgIpc) is 2.63. The summed E-state index contributed by atoms with van der Waals surface area (Å²) in [6.07, 6.45) is 2.26. The Morgan fingerprint density at radius 3 is 2.42 bits per heavy atom. The topological polar surface area (TPSA) is 54.9 Å². The average molecular weight is 356 g/mol. The molecule has 0 aliphatic heterocycles. The molecule has 2 aromatic rings. The minimum atomic E-state index is -0.0252. The van der Waals surface area contributed by atoms with E-state index in [-0.39, 0.29) is 11.9 Å². The fourth-order valence-corrected chi connectivity index (χ4v) is 3.17. The van der Waals surface area contributed by atoms with Gasteiger partial charge in [-0.15, -0.1) is 0 Å². The van der Waals surface area contributed by atoms with Crippen LogP contribution in [0.2, 0.25) is 0 Å². The molecule has 4 nitrogen and oxygen atoms in total. The molecule has 0 saturated heterocycles. The van der Waals surface area contributed by atoms with Crippen molar-refractivity contribution in [3.05, 3.63) is 59.7 Å². The minimum absolute atomic E-state index is 0.0252. The van der Waals surface area contributed by atoms with Crippen LogP contribution in [0.15, 0.2) is 48.5 Å². The molecule has 140 valence electrons. The second-order valence-corrected chi connectivity index (χ2v) is 6.95. The van der Waals surface area contributed by atoms with E-state index in [2.05, 4.69) is 55.7 Å². The van der Waals surface area contributed by atoms with Gasteiger partial charge in [-0.3, -0.25) is 4.79 Å². The van der Waals surface area contributed by atoms with Crippen molar-refractivity contribution < 1.29 is 14.8 Å². The molecule has 0 radical (unpaired) electrons. The van der Waals surface area contributed by atoms with Crippen molar-refractivity contribution in [3.8, 4) is 5.75 Å². The fraction of sp³-hybridized carbons (Fsp3) is 0.409. The number of amides is 1. The first-order chi connectivity index (χ1) is 12.5. The predicted molar refractivity (Wildman–Crippen MR) is 106 cm³/mol. The van der Waals surface area contributed by atoms with E-state index in [4.69, 9.17) is 4.74 Å². The van der Waals surface area contributed by atoms with Crippen LogP contribution in [0, 0.1) is 5.92 Å². The van der Waals surface area contributed by atoms with E-state index in [1.807, 2.05) is 24.3 Å². The number of quaternary nitrogens is 1. The number of nitrogens with one attached hydrogen (secondary N) is 1. The van der Waals surface area contributed by atoms with Crippen LogP contribution >= 0.6 is 0 Å². The number of ether oxygens (including phenoxy) is 1. The van der Waals surface area contributed by atoms with Gasteiger partial charge < -0.3 is 15.4 Å². The number of hydrogen-bond donors (Lipinski definition) is 2. The lowest BCUT2D eigenvalue weighted by molar-refractivity contribution is -0.692. The van der Waals surface area contributed by atoms with E-state index in [9.17, 15) is 4.79 Å². The largest absolute Gasteiger partial charge is 0.495 e. The summed E-state index contributed by atoms with van der Waals surface area (Å²) in [5.41, 5.74) is 3.34. The van der Waals surface area contributed by atoms with Crippen molar-refractivity contribution in [2.24, 2.45) is 5.92 Å². The number of methoxy groups -OCH3 is 1. The Kier molecular flexibility index (Phi) is 7.67. The van der Waals surface area contributed by atoms with Crippen molar-refractivity contribution in [1.29, 1.82) is 0 Å². The zero-order chi connectivity index (χ0) is 18.9. The van der Waals surface area contributed by atoms with Gasteiger partial charge in [0.05, 0.1) is 12.8 Å². The number of hydrogen-bond acceptors (Lipinski definition) is 2. The van der Waals surface area contributed by atoms with Gasteiger partial charge in [-0.2, -0.15) is 0 Å². The van der Waals surface area contributed by atoms with Gasteiger partial charge in [-0.05, 0) is 24.1 Å². The molecular formula is C22H31N2O2+. The van der Waals surface area contributed by atoms with Crippen molar-refractivity contribution in [2.75, 3.05) is 19.0 Å². The molecule has 3 N–H and O–H groups in total. The number of rotatable bonds is 9. The Morgan fingerprint density at radius 1 is 1.12 bits per heavy atom. The Morgan fingerprint density at radius 2 is 1.81 bits per heavy atom. The number of aryl methyl sites for hydroxylation is 1. The maximum Gasteiger partial charge on any atom is 0.279 e. The summed E-state index contributed by atoms with van der Waals surface area (Å²) in [6, 6.07) is 16.5. The van der Waals surface area contributed by atoms with Crippen LogP contribution in [0.5, 0.6) is 5.75 Å². The normalized spacial score (nSPS) is 12.0. The van der Waals surface area contributed by atoms with Crippen LogP contribution in [0.4, 0.5) is 5.69 Å². The number of para-hydroxylation sites is 2. The summed E-state index contributed by atoms with van der Waals surface area (Å²) in [6.45, 7) is 6.95. The monoisotopic (exact) mass is 355 g/mol. The Bertz CT molecular complexity index is 696. The maximum atomic E-state index is 12.4. The molecule has 0 spiro atoms. The summed E-state index contributed by atoms with van der Waals surface area (Å²) < 4.78 is 5.29. The first-order valence-electron chi connectivity index (χ1n) is 9.40. The van der Waals surface area contributed by atoms with E-state index in [1.54, 1.807) is 7.11 Å². The Labute approximate surface area is 157 Å². The summed E-state index contributed by atoms with van der Waals surface area (Å²) in [4.78, 5) is 12.4. The molecule has 4 heteroatoms. The molecule has 2 aromatic carbocycles. The quantitative estimate of drug-likeness (QED) is 0.723. The van der Waals surface area contributed by atoms with E-state index in [1.165, 1.54) is 11.1 Å². The number of carbonyl (C=O) groups excluding carboxylic acids is 1. The smallest absolute Gasteiger partial charge is 0.279 e. The van der Waals surface area contributed by atoms with Crippen LogP contribution in [-0.4, -0.2) is 19.6 Å². The molecule has 26 heavy (non-hydrogen) atoms. The standard InChI is InChI=1S/C22H30N2O2/c1-5-8-17-11-13-18(14-12-17)22(16(2)3)23-15-21(25)24-19-9-6-7-10-20(19)26-4/h6-7,9-14,16,22-23H,5,8,15H2,1-4H3,(H,24,25)/p+1/t22-/m1/s1. The maximum absolute atomic E-state index is 12.4. The van der Waals surface area contributed by atoms with Gasteiger partial charge in [0, 0.05) is 11.5 Å². The third-order valence-electron chi connectivity index (χ3n) is 4.56. The molecule has 1 atom stereocenters. The molecule has 0 saturated carbocycles. The summed E-state index contributed by atoms with van der Waals surface area (Å²) in [7, 11) is 1.61. The first-order valence-corrected chi connectivity index (χ1v) is 9.40. The third kappa shape index (κ3) is 5.60. The van der Waals surface area contributed by atoms with Gasteiger partial charge in [0.15, 0.2) is 6.54 Å². The first kappa shape index (κ1) is 20.0. The van der Waals surface area contributed by atoms with E-state index in [0.29, 0.717) is 23.9 Å². The van der Waals surface area contributed by atoms with E-state index < -0.39 is 0 Å². The molecule has 0 bridgehead atoms. The van der Waals surface area contributed by atoms with Gasteiger partial charge in [-0.25, -0.2) is 0 Å². The lowest BCUT2D eigenvalue weighted by Gasteiger charge is -2.20. The zero-order valence-electron chi connectivity index (χ0n) is 16.3. The van der Waals surface area contributed by atoms with Crippen molar-refractivity contribution in [3.63, 3.8) is 0 Å². The predicted octanol–water partition coefficient (Wildman–Crippen LogP) is 3.55. The zero-order valence-corrected chi connectivity index (χ0v) is 16.3. The molecule has 0 aliphatic carbocycles. The summed E-state index contributed by atoms with van der Waals surface area (Å²) in [5.74, 6) is 1.08. The van der Waals surface area contributed by atoms with Gasteiger partial charge in [-0.1, -0.05) is 63.6 Å². The molecule has 0 unspecified atom stereocenters. The highest BCUT2D eigenvalue weighted by Crippen LogP contribution is 2.23. The Hall–Kier alpha value is -2.33. The van der Waals surface area contributed by atoms with Gasteiger partial charge in [0.2, 0.25) is 0 Å². The van der Waals surface area contributed by atoms with Gasteiger partial charge in [0.25, 0.3) is 5.91 Å². The van der Waals surface area contributed by atoms with E-state index in [0.717, 1.165) is 12.8 Å². The van der Waals surface area contributed by atoms with Crippen LogP contribution < -0.4 is 15.4 Å². The second-order valence-electron chi connectivity index (χ2n) is 6.95. The highest BCUT2D eigenvalue weighted by atomic mass is 16.5. The molecular weight excluding hydrogens is 324 g/mol. The lowest BCUT2D eigenvalue weighted by atomic mass is 9.94. The fourth-order valence-electron chi connectivity index (χ4n) is 3.17. The highest BCUT2D eigenvalue weighted by Gasteiger charge is 2.20. The van der Waals surface area contributed by atoms with E-state index >= 15 is 0 Å². The van der Waals surface area contributed by atoms with Crippen molar-refractivity contribution in [2.45, 2.75) is 39.7 Å². The lowest BCUT2D eigenvalue weighted by Crippen LogP contribution is -2.88. The van der Waals surface area contributed by atoms with Crippen LogP contribution in [0.25, 0.3) is 0 Å². The van der Waals surface area contributed by atoms with Crippen molar-refractivity contribution in [1.82, 2.24) is 0 Å². The third-order valence-corrected chi connectivity index (χ3v) is 4.56.